The molecule has 0 spiro atoms. The number of hydrogen-bond acceptors (Lipinski definition) is 3. The maximum Gasteiger partial charge on any atom is 0.255 e. The minimum absolute atomic E-state index is 0.160. The van der Waals surface area contributed by atoms with E-state index in [1.165, 1.54) is 0 Å². The van der Waals surface area contributed by atoms with Crippen molar-refractivity contribution in [3.05, 3.63) is 82.7 Å². The fourth-order valence-electron chi connectivity index (χ4n) is 2.97. The Balaban J connectivity index is 1.67. The molecular weight excluding hydrogens is 352 g/mol. The second kappa shape index (κ2) is 8.52. The lowest BCUT2D eigenvalue weighted by Gasteiger charge is -2.09. The number of carbonyl (C=O) groups is 2. The number of nitrogens with zero attached hydrogens (tertiary/aromatic N) is 2. The monoisotopic (exact) mass is 376 g/mol. The molecule has 6 heteroatoms. The van der Waals surface area contributed by atoms with Crippen molar-refractivity contribution in [1.29, 1.82) is 0 Å². The summed E-state index contributed by atoms with van der Waals surface area (Å²) >= 11 is 0. The first-order valence-electron chi connectivity index (χ1n) is 9.26. The van der Waals surface area contributed by atoms with Gasteiger partial charge in [0.15, 0.2) is 0 Å². The Kier molecular flexibility index (Phi) is 5.89. The van der Waals surface area contributed by atoms with E-state index in [9.17, 15) is 9.59 Å². The van der Waals surface area contributed by atoms with Gasteiger partial charge in [-0.05, 0) is 62.7 Å². The maximum atomic E-state index is 12.5. The number of anilines is 1. The third-order valence-electron chi connectivity index (χ3n) is 4.37. The quantitative estimate of drug-likeness (QED) is 0.691. The average molecular weight is 376 g/mol. The highest BCUT2D eigenvalue weighted by molar-refractivity contribution is 6.05. The van der Waals surface area contributed by atoms with Gasteiger partial charge in [0.05, 0.1) is 12.2 Å². The van der Waals surface area contributed by atoms with Crippen molar-refractivity contribution in [2.75, 3.05) is 11.9 Å². The molecule has 0 atom stereocenters. The van der Waals surface area contributed by atoms with E-state index in [4.69, 9.17) is 0 Å². The standard InChI is InChI=1S/C22H24N4O2/c1-4-23-21(27)19-6-5-7-20(13-19)24-22(28)18-10-8-17(9-11-18)14-26-16(3)12-15(2)25-26/h5-13H,4,14H2,1-3H3,(H,23,27)(H,24,28). The number of amides is 2. The minimum atomic E-state index is -0.217. The van der Waals surface area contributed by atoms with Crippen molar-refractivity contribution < 1.29 is 9.59 Å². The first-order valence-corrected chi connectivity index (χ1v) is 9.26. The van der Waals surface area contributed by atoms with Gasteiger partial charge in [-0.2, -0.15) is 5.10 Å². The molecule has 0 bridgehead atoms. The molecule has 0 saturated carbocycles. The Bertz CT molecular complexity index is 990. The summed E-state index contributed by atoms with van der Waals surface area (Å²) in [5, 5.41) is 10.0. The van der Waals surface area contributed by atoms with Gasteiger partial charge in [-0.3, -0.25) is 14.3 Å². The SMILES string of the molecule is CCNC(=O)c1cccc(NC(=O)c2ccc(Cn3nc(C)cc3C)cc2)c1. The Morgan fingerprint density at radius 3 is 2.36 bits per heavy atom. The van der Waals surface area contributed by atoms with Gasteiger partial charge in [-0.1, -0.05) is 18.2 Å². The van der Waals surface area contributed by atoms with E-state index in [0.717, 1.165) is 17.0 Å². The largest absolute Gasteiger partial charge is 0.352 e. The lowest BCUT2D eigenvalue weighted by molar-refractivity contribution is 0.0954. The fourth-order valence-corrected chi connectivity index (χ4v) is 2.97. The van der Waals surface area contributed by atoms with Crippen LogP contribution >= 0.6 is 0 Å². The van der Waals surface area contributed by atoms with Crippen LogP contribution in [0.25, 0.3) is 0 Å². The van der Waals surface area contributed by atoms with Crippen LogP contribution in [0.4, 0.5) is 5.69 Å². The number of nitrogens with one attached hydrogen (secondary N) is 2. The smallest absolute Gasteiger partial charge is 0.255 e. The first kappa shape index (κ1) is 19.4. The number of aryl methyl sites for hydroxylation is 2. The molecule has 0 aliphatic heterocycles. The highest BCUT2D eigenvalue weighted by Gasteiger charge is 2.09. The Labute approximate surface area is 164 Å². The van der Waals surface area contributed by atoms with E-state index in [1.54, 1.807) is 36.4 Å². The van der Waals surface area contributed by atoms with E-state index in [2.05, 4.69) is 15.7 Å². The van der Waals surface area contributed by atoms with Gasteiger partial charge < -0.3 is 10.6 Å². The normalized spacial score (nSPS) is 10.5. The molecule has 28 heavy (non-hydrogen) atoms. The summed E-state index contributed by atoms with van der Waals surface area (Å²) in [6.45, 7) is 7.08. The summed E-state index contributed by atoms with van der Waals surface area (Å²) in [5.74, 6) is -0.377. The van der Waals surface area contributed by atoms with E-state index >= 15 is 0 Å². The van der Waals surface area contributed by atoms with Gasteiger partial charge in [0.2, 0.25) is 0 Å². The van der Waals surface area contributed by atoms with Crippen LogP contribution in [0.1, 0.15) is 44.6 Å². The third-order valence-corrected chi connectivity index (χ3v) is 4.37. The Morgan fingerprint density at radius 2 is 1.71 bits per heavy atom. The van der Waals surface area contributed by atoms with Crippen LogP contribution in [-0.2, 0) is 6.54 Å². The zero-order valence-corrected chi connectivity index (χ0v) is 16.3. The fraction of sp³-hybridized carbons (Fsp3) is 0.227. The zero-order valence-electron chi connectivity index (χ0n) is 16.3. The van der Waals surface area contributed by atoms with Gasteiger partial charge in [0, 0.05) is 29.1 Å². The summed E-state index contributed by atoms with van der Waals surface area (Å²) in [7, 11) is 0. The van der Waals surface area contributed by atoms with E-state index in [1.807, 2.05) is 43.7 Å². The summed E-state index contributed by atoms with van der Waals surface area (Å²) in [6.07, 6.45) is 0. The van der Waals surface area contributed by atoms with Gasteiger partial charge in [0.1, 0.15) is 0 Å². The van der Waals surface area contributed by atoms with Crippen LogP contribution in [-0.4, -0.2) is 28.1 Å². The van der Waals surface area contributed by atoms with Crippen molar-refractivity contribution in [2.24, 2.45) is 0 Å². The predicted molar refractivity (Wildman–Crippen MR) is 110 cm³/mol. The highest BCUT2D eigenvalue weighted by atomic mass is 16.2. The van der Waals surface area contributed by atoms with Crippen LogP contribution in [0, 0.1) is 13.8 Å². The predicted octanol–water partition coefficient (Wildman–Crippen LogP) is 3.55. The van der Waals surface area contributed by atoms with Crippen molar-refractivity contribution in [2.45, 2.75) is 27.3 Å². The van der Waals surface area contributed by atoms with Crippen LogP contribution in [0.5, 0.6) is 0 Å². The van der Waals surface area contributed by atoms with Crippen LogP contribution in [0.3, 0.4) is 0 Å². The summed E-state index contributed by atoms with van der Waals surface area (Å²) in [6, 6.07) is 16.4. The molecule has 144 valence electrons. The molecule has 2 aromatic carbocycles. The molecule has 0 aliphatic rings. The van der Waals surface area contributed by atoms with Crippen LogP contribution < -0.4 is 10.6 Å². The molecule has 3 rings (SSSR count). The summed E-state index contributed by atoms with van der Waals surface area (Å²) < 4.78 is 1.94. The Hall–Kier alpha value is -3.41. The van der Waals surface area contributed by atoms with Gasteiger partial charge in [-0.15, -0.1) is 0 Å². The number of carbonyl (C=O) groups excluding carboxylic acids is 2. The van der Waals surface area contributed by atoms with E-state index in [-0.39, 0.29) is 11.8 Å². The number of aromatic nitrogens is 2. The maximum absolute atomic E-state index is 12.5. The van der Waals surface area contributed by atoms with E-state index < -0.39 is 0 Å². The zero-order chi connectivity index (χ0) is 20.1. The molecule has 0 unspecified atom stereocenters. The molecule has 2 N–H and O–H groups in total. The average Bonchev–Trinajstić information content (AvgIpc) is 2.99. The minimum Gasteiger partial charge on any atom is -0.352 e. The number of benzene rings is 2. The molecule has 1 heterocycles. The van der Waals surface area contributed by atoms with Crippen molar-refractivity contribution in [1.82, 2.24) is 15.1 Å². The summed E-state index contributed by atoms with van der Waals surface area (Å²) in [4.78, 5) is 24.5. The van der Waals surface area contributed by atoms with Crippen LogP contribution in [0.15, 0.2) is 54.6 Å². The first-order chi connectivity index (χ1) is 13.5. The lowest BCUT2D eigenvalue weighted by atomic mass is 10.1. The molecule has 3 aromatic rings. The summed E-state index contributed by atoms with van der Waals surface area (Å²) in [5.41, 5.74) is 4.82. The van der Waals surface area contributed by atoms with Crippen molar-refractivity contribution in [3.63, 3.8) is 0 Å². The molecule has 1 aromatic heterocycles. The molecule has 0 fully saturated rings. The van der Waals surface area contributed by atoms with E-state index in [0.29, 0.717) is 29.9 Å². The second-order valence-corrected chi connectivity index (χ2v) is 6.68. The van der Waals surface area contributed by atoms with Crippen molar-refractivity contribution >= 4 is 17.5 Å². The van der Waals surface area contributed by atoms with Gasteiger partial charge in [0.25, 0.3) is 11.8 Å². The second-order valence-electron chi connectivity index (χ2n) is 6.68. The van der Waals surface area contributed by atoms with Crippen molar-refractivity contribution in [3.8, 4) is 0 Å². The highest BCUT2D eigenvalue weighted by Crippen LogP contribution is 2.14. The number of rotatable bonds is 6. The van der Waals surface area contributed by atoms with Gasteiger partial charge >= 0.3 is 0 Å². The topological polar surface area (TPSA) is 76.0 Å². The molecular formula is C22H24N4O2. The third kappa shape index (κ3) is 4.65. The molecule has 0 aliphatic carbocycles. The Morgan fingerprint density at radius 1 is 0.964 bits per heavy atom. The van der Waals surface area contributed by atoms with Gasteiger partial charge in [-0.25, -0.2) is 0 Å². The molecule has 2 amide bonds. The lowest BCUT2D eigenvalue weighted by Crippen LogP contribution is -2.22. The van der Waals surface area contributed by atoms with Crippen LogP contribution in [0.2, 0.25) is 0 Å². The molecule has 0 saturated heterocycles. The number of hydrogen-bond donors (Lipinski definition) is 2. The molecule has 0 radical (unpaired) electrons. The molecule has 6 nitrogen and oxygen atoms in total.